The van der Waals surface area contributed by atoms with Crippen LogP contribution in [-0.2, 0) is 51.5 Å². The molecular weight excluding hydrogens is 965 g/mol. The van der Waals surface area contributed by atoms with E-state index in [-0.39, 0.29) is 79.2 Å². The molecule has 73 heavy (non-hydrogen) atoms. The Morgan fingerprint density at radius 1 is 0.630 bits per heavy atom. The molecule has 0 bridgehead atoms. The first-order valence-electron chi connectivity index (χ1n) is 25.5. The number of likely N-dealkylation sites (N-methyl/N-ethyl adjacent to an activating group) is 2. The molecule has 4 fully saturated rings. The quantitative estimate of drug-likeness (QED) is 0.0868. The Labute approximate surface area is 439 Å². The first-order chi connectivity index (χ1) is 34.7. The van der Waals surface area contributed by atoms with Crippen LogP contribution in [0.5, 0.6) is 0 Å². The second-order valence-electron chi connectivity index (χ2n) is 21.8. The molecule has 1 unspecified atom stereocenters. The number of ether oxygens (including phenoxy) is 2. The van der Waals surface area contributed by atoms with Gasteiger partial charge in [0.1, 0.15) is 23.2 Å². The first kappa shape index (κ1) is 55.8. The molecule has 7 rings (SSSR count). The molecule has 3 aromatic rings. The molecule has 0 saturated carbocycles. The number of thioether (sulfide) groups is 2. The topological polar surface area (TPSA) is 200 Å². The number of fused-ring (bicyclic) bond motifs is 2. The van der Waals surface area contributed by atoms with Gasteiger partial charge in [0.05, 0.1) is 61.8 Å². The lowest BCUT2D eigenvalue weighted by Crippen LogP contribution is -2.63. The fraction of sp³-hybridized carbons (Fsp3) is 0.564. The first-order valence-corrected chi connectivity index (χ1v) is 27.6. The number of hydrogen-bond acceptors (Lipinski definition) is 12. The van der Waals surface area contributed by atoms with E-state index in [4.69, 9.17) is 9.47 Å². The predicted molar refractivity (Wildman–Crippen MR) is 286 cm³/mol. The van der Waals surface area contributed by atoms with Crippen molar-refractivity contribution in [1.29, 1.82) is 0 Å². The van der Waals surface area contributed by atoms with E-state index in [1.54, 1.807) is 68.2 Å². The van der Waals surface area contributed by atoms with E-state index < -0.39 is 52.1 Å². The van der Waals surface area contributed by atoms with Gasteiger partial charge in [-0.15, -0.1) is 23.5 Å². The summed E-state index contributed by atoms with van der Waals surface area (Å²) in [5.74, 6) is -0.245. The van der Waals surface area contributed by atoms with Gasteiger partial charge in [0.2, 0.25) is 35.4 Å². The van der Waals surface area contributed by atoms with Crippen LogP contribution >= 0.6 is 23.5 Å². The third-order valence-electron chi connectivity index (χ3n) is 14.9. The molecule has 3 aromatic carbocycles. The van der Waals surface area contributed by atoms with Crippen molar-refractivity contribution in [1.82, 2.24) is 41.7 Å². The van der Waals surface area contributed by atoms with Crippen LogP contribution in [0.2, 0.25) is 0 Å². The number of nitrogens with one attached hydrogen (secondary N) is 6. The van der Waals surface area contributed by atoms with E-state index in [1.807, 2.05) is 113 Å². The van der Waals surface area contributed by atoms with Gasteiger partial charge < -0.3 is 51.2 Å². The maximum Gasteiger partial charge on any atom is 0.249 e. The average Bonchev–Trinajstić information content (AvgIpc) is 3.71. The van der Waals surface area contributed by atoms with E-state index in [2.05, 4.69) is 31.9 Å². The summed E-state index contributed by atoms with van der Waals surface area (Å²) in [5.41, 5.74) is 0.207. The highest BCUT2D eigenvalue weighted by molar-refractivity contribution is 8.00. The van der Waals surface area contributed by atoms with Crippen molar-refractivity contribution < 1.29 is 38.2 Å². The Kier molecular flexibility index (Phi) is 18.1. The molecule has 0 aliphatic carbocycles. The van der Waals surface area contributed by atoms with Gasteiger partial charge in [0.15, 0.2) is 0 Å². The zero-order valence-corrected chi connectivity index (χ0v) is 45.5. The van der Waals surface area contributed by atoms with E-state index in [1.165, 1.54) is 0 Å². The van der Waals surface area contributed by atoms with E-state index in [9.17, 15) is 28.8 Å². The number of carbonyl (C=O) groups is 6. The number of carbonyl (C=O) groups excluding carboxylic acids is 6. The van der Waals surface area contributed by atoms with Crippen molar-refractivity contribution in [2.24, 2.45) is 10.8 Å². The van der Waals surface area contributed by atoms with Crippen molar-refractivity contribution in [3.05, 3.63) is 107 Å². The van der Waals surface area contributed by atoms with Gasteiger partial charge in [0, 0.05) is 0 Å². The summed E-state index contributed by atoms with van der Waals surface area (Å²) in [5, 5.41) is 17.9. The van der Waals surface area contributed by atoms with Crippen molar-refractivity contribution in [2.75, 3.05) is 45.4 Å². The second kappa shape index (κ2) is 23.7. The summed E-state index contributed by atoms with van der Waals surface area (Å²) < 4.78 is 12.6. The van der Waals surface area contributed by atoms with Gasteiger partial charge in [-0.1, -0.05) is 113 Å². The molecule has 9 atom stereocenters. The molecule has 0 radical (unpaired) electrons. The molecular formula is C55H76N8O8S2. The van der Waals surface area contributed by atoms with Gasteiger partial charge in [-0.05, 0) is 105 Å². The summed E-state index contributed by atoms with van der Waals surface area (Å²) >= 11 is 3.32. The highest BCUT2D eigenvalue weighted by atomic mass is 32.2. The summed E-state index contributed by atoms with van der Waals surface area (Å²) in [6, 6.07) is 24.2. The maximum absolute atomic E-state index is 14.6. The van der Waals surface area contributed by atoms with Crippen LogP contribution < -0.4 is 31.9 Å². The lowest BCUT2D eigenvalue weighted by Gasteiger charge is -2.38. The van der Waals surface area contributed by atoms with Crippen LogP contribution in [0.25, 0.3) is 0 Å². The molecule has 4 aliphatic heterocycles. The molecule has 6 N–H and O–H groups in total. The lowest BCUT2D eigenvalue weighted by molar-refractivity contribution is -0.147. The Balaban J connectivity index is 0.972. The largest absolute Gasteiger partial charge is 0.374 e. The van der Waals surface area contributed by atoms with Gasteiger partial charge in [-0.3, -0.25) is 28.8 Å². The fourth-order valence-corrected chi connectivity index (χ4v) is 14.1. The third-order valence-corrected chi connectivity index (χ3v) is 17.4. The average molecular weight is 1040 g/mol. The van der Waals surface area contributed by atoms with Crippen LogP contribution in [0.3, 0.4) is 0 Å². The summed E-state index contributed by atoms with van der Waals surface area (Å²) in [4.78, 5) is 87.2. The molecule has 0 spiro atoms. The van der Waals surface area contributed by atoms with Crippen LogP contribution in [0.15, 0.2) is 84.9 Å². The minimum Gasteiger partial charge on any atom is -0.374 e. The summed E-state index contributed by atoms with van der Waals surface area (Å²) in [6.07, 6.45) is 2.19. The van der Waals surface area contributed by atoms with E-state index >= 15 is 0 Å². The van der Waals surface area contributed by atoms with Crippen molar-refractivity contribution in [3.63, 3.8) is 0 Å². The number of rotatable bonds is 20. The van der Waals surface area contributed by atoms with Crippen LogP contribution in [0, 0.1) is 10.8 Å². The minimum absolute atomic E-state index is 0.0816. The number of hydrogen-bond donors (Lipinski definition) is 6. The third kappa shape index (κ3) is 12.9. The zero-order chi connectivity index (χ0) is 52.7. The van der Waals surface area contributed by atoms with Crippen molar-refractivity contribution in [2.45, 2.75) is 139 Å². The van der Waals surface area contributed by atoms with Crippen molar-refractivity contribution >= 4 is 59.0 Å². The summed E-state index contributed by atoms with van der Waals surface area (Å²) in [6.45, 7) is 14.4. The van der Waals surface area contributed by atoms with Crippen LogP contribution in [0.4, 0.5) is 0 Å². The number of amides is 6. The molecule has 16 nitrogen and oxygen atoms in total. The molecule has 4 aliphatic rings. The Morgan fingerprint density at radius 2 is 1.04 bits per heavy atom. The maximum atomic E-state index is 14.6. The number of benzene rings is 3. The predicted octanol–water partition coefficient (Wildman–Crippen LogP) is 5.19. The normalized spacial score (nSPS) is 26.6. The molecule has 4 saturated heterocycles. The molecule has 396 valence electrons. The van der Waals surface area contributed by atoms with Gasteiger partial charge in [-0.2, -0.15) is 0 Å². The minimum atomic E-state index is -1.17. The molecule has 6 amide bonds. The smallest absolute Gasteiger partial charge is 0.249 e. The Bertz CT molecular complexity index is 2430. The highest BCUT2D eigenvalue weighted by Gasteiger charge is 2.58. The Hall–Kier alpha value is -4.98. The van der Waals surface area contributed by atoms with Crippen LogP contribution in [-0.4, -0.2) is 131 Å². The van der Waals surface area contributed by atoms with Crippen molar-refractivity contribution in [3.8, 4) is 0 Å². The standard InChI is InChI=1S/C55H76N8O8S2/c1-35(57-9)47(65)61-55(7)25-27-73-44-29-53(4,5)46(63(44)51(55)69)49(67)59-41(39-18-14-11-15-19-39)34-71-32-37-22-20-36(21-23-37)31-70-33-40(38-16-12-10-13-17-38)58-48(66)45-52(2,3)28-43-62(45)50(68)54(6,24-26-72-43)60-42(64)30-56-8/h10-23,35,40-41,43-46,56-57H,24-34H2,1-9H3,(H,58,66)(H,59,67)(H,60,64)(H,61,65)/t35-,40+,41+,43?,44-,45+,46+,54+,55+/m0/s1. The lowest BCUT2D eigenvalue weighted by atomic mass is 9.83. The second-order valence-corrected chi connectivity index (χ2v) is 24.4. The Morgan fingerprint density at radius 3 is 1.44 bits per heavy atom. The SMILES string of the molecule is CNCC(=O)N[C@]1(C)CCSC2CC(C)(C)[C@@H](C(=O)N[C@H](COCc3ccc(COC[C@@H](NC(=O)[C@H]4N5C(=O)[C@](C)(NC(=O)[C@H](C)NC)CCS[C@H]5CC4(C)C)c4ccccc4)cc3)c3ccccc3)N2C1=O. The van der Waals surface area contributed by atoms with E-state index in [0.29, 0.717) is 37.2 Å². The number of nitrogens with zero attached hydrogens (tertiary/aromatic N) is 2. The molecule has 4 heterocycles. The summed E-state index contributed by atoms with van der Waals surface area (Å²) in [7, 11) is 3.38. The van der Waals surface area contributed by atoms with Gasteiger partial charge >= 0.3 is 0 Å². The molecule has 0 aromatic heterocycles. The fourth-order valence-electron chi connectivity index (χ4n) is 10.6. The highest BCUT2D eigenvalue weighted by Crippen LogP contribution is 2.49. The molecule has 18 heteroatoms. The van der Waals surface area contributed by atoms with Gasteiger partial charge in [0.25, 0.3) is 0 Å². The van der Waals surface area contributed by atoms with Gasteiger partial charge in [-0.25, -0.2) is 0 Å². The van der Waals surface area contributed by atoms with E-state index in [0.717, 1.165) is 22.3 Å². The monoisotopic (exact) mass is 1040 g/mol. The zero-order valence-electron chi connectivity index (χ0n) is 43.9. The van der Waals surface area contributed by atoms with Crippen LogP contribution in [0.1, 0.15) is 108 Å².